The number of hydrogen-bond acceptors (Lipinski definition) is 4. The van der Waals surface area contributed by atoms with Crippen molar-refractivity contribution >= 4 is 11.8 Å². The number of halogens is 1. The van der Waals surface area contributed by atoms with Crippen LogP contribution in [0.4, 0.5) is 4.39 Å². The van der Waals surface area contributed by atoms with E-state index in [0.717, 1.165) is 13.2 Å². The minimum atomic E-state index is -0.952. The maximum absolute atomic E-state index is 12.9. The molecule has 0 saturated heterocycles. The molecule has 0 fully saturated rings. The summed E-state index contributed by atoms with van der Waals surface area (Å²) in [6.07, 6.45) is -0.242. The number of Topliss-reactive ketones (excluding diaryl/α,β-unsaturated/α-hetero) is 1. The van der Waals surface area contributed by atoms with Crippen molar-refractivity contribution in [3.05, 3.63) is 29.6 Å². The lowest BCUT2D eigenvalue weighted by atomic mass is 10.1. The fourth-order valence-corrected chi connectivity index (χ4v) is 1.24. The Bertz CT molecular complexity index is 414. The Balaban J connectivity index is 2.91. The van der Waals surface area contributed by atoms with E-state index in [9.17, 15) is 14.0 Å². The van der Waals surface area contributed by atoms with Crippen molar-refractivity contribution in [1.29, 1.82) is 0 Å². The summed E-state index contributed by atoms with van der Waals surface area (Å²) in [6, 6.07) is 3.76. The van der Waals surface area contributed by atoms with E-state index in [1.807, 2.05) is 0 Å². The van der Waals surface area contributed by atoms with E-state index in [1.165, 1.54) is 19.2 Å². The summed E-state index contributed by atoms with van der Waals surface area (Å²) < 4.78 is 22.1. The van der Waals surface area contributed by atoms with Gasteiger partial charge in [0.15, 0.2) is 0 Å². The largest absolute Gasteiger partial charge is 0.496 e. The highest BCUT2D eigenvalue weighted by atomic mass is 19.1. The average molecular weight is 226 g/mol. The second-order valence-corrected chi connectivity index (χ2v) is 3.05. The number of esters is 1. The Labute approximate surface area is 92.0 Å². The molecule has 16 heavy (non-hydrogen) atoms. The molecule has 0 aliphatic rings. The lowest BCUT2D eigenvalue weighted by molar-refractivity contribution is -0.151. The quantitative estimate of drug-likeness (QED) is 0.570. The smallest absolute Gasteiger partial charge is 0.374 e. The number of ether oxygens (including phenoxy) is 2. The van der Waals surface area contributed by atoms with Crippen molar-refractivity contribution in [2.24, 2.45) is 0 Å². The summed E-state index contributed by atoms with van der Waals surface area (Å²) in [5.74, 6) is -1.83. The van der Waals surface area contributed by atoms with Gasteiger partial charge in [0, 0.05) is 12.0 Å². The second-order valence-electron chi connectivity index (χ2n) is 3.05. The predicted molar refractivity (Wildman–Crippen MR) is 53.7 cm³/mol. The zero-order valence-corrected chi connectivity index (χ0v) is 8.95. The normalized spacial score (nSPS) is 9.69. The first-order valence-electron chi connectivity index (χ1n) is 4.52. The molecule has 4 nitrogen and oxygen atoms in total. The third-order valence-corrected chi connectivity index (χ3v) is 2.01. The zero-order valence-electron chi connectivity index (χ0n) is 8.95. The van der Waals surface area contributed by atoms with Gasteiger partial charge in [0.1, 0.15) is 11.6 Å². The fraction of sp³-hybridized carbons (Fsp3) is 0.273. The molecule has 1 rings (SSSR count). The van der Waals surface area contributed by atoms with Gasteiger partial charge in [0.2, 0.25) is 5.78 Å². The van der Waals surface area contributed by atoms with Crippen molar-refractivity contribution < 1.29 is 23.5 Å². The fourth-order valence-electron chi connectivity index (χ4n) is 1.24. The molecule has 0 aliphatic heterocycles. The van der Waals surface area contributed by atoms with Gasteiger partial charge >= 0.3 is 5.97 Å². The number of carbonyl (C=O) groups excluding carboxylic acids is 2. The summed E-state index contributed by atoms with van der Waals surface area (Å²) in [6.45, 7) is 0. The van der Waals surface area contributed by atoms with Gasteiger partial charge in [0.25, 0.3) is 0 Å². The van der Waals surface area contributed by atoms with Crippen LogP contribution in [0.5, 0.6) is 5.75 Å². The van der Waals surface area contributed by atoms with E-state index >= 15 is 0 Å². The molecular formula is C11H11FO4. The number of carbonyl (C=O) groups is 2. The third-order valence-electron chi connectivity index (χ3n) is 2.01. The summed E-state index contributed by atoms with van der Waals surface area (Å²) >= 11 is 0. The van der Waals surface area contributed by atoms with Crippen LogP contribution in [0.1, 0.15) is 5.56 Å². The van der Waals surface area contributed by atoms with Gasteiger partial charge in [-0.1, -0.05) is 0 Å². The van der Waals surface area contributed by atoms with Crippen LogP contribution in [-0.4, -0.2) is 26.0 Å². The summed E-state index contributed by atoms with van der Waals surface area (Å²) in [7, 11) is 2.52. The van der Waals surface area contributed by atoms with Crippen LogP contribution < -0.4 is 4.74 Å². The summed E-state index contributed by atoms with van der Waals surface area (Å²) in [4.78, 5) is 22.2. The molecule has 0 saturated carbocycles. The first-order valence-corrected chi connectivity index (χ1v) is 4.52. The highest BCUT2D eigenvalue weighted by molar-refractivity contribution is 6.34. The highest BCUT2D eigenvalue weighted by Crippen LogP contribution is 2.20. The Morgan fingerprint density at radius 3 is 2.56 bits per heavy atom. The van der Waals surface area contributed by atoms with Crippen LogP contribution in [0, 0.1) is 5.82 Å². The molecule has 0 atom stereocenters. The Morgan fingerprint density at radius 2 is 2.00 bits per heavy atom. The molecule has 0 aliphatic carbocycles. The lowest BCUT2D eigenvalue weighted by Gasteiger charge is -2.06. The van der Waals surface area contributed by atoms with Crippen LogP contribution in [-0.2, 0) is 20.7 Å². The van der Waals surface area contributed by atoms with Gasteiger partial charge in [-0.25, -0.2) is 9.18 Å². The SMILES string of the molecule is COC(=O)C(=O)Cc1cc(F)ccc1OC. The van der Waals surface area contributed by atoms with E-state index in [1.54, 1.807) is 0 Å². The molecule has 0 spiro atoms. The first-order chi connectivity index (χ1) is 7.58. The molecule has 1 aromatic carbocycles. The predicted octanol–water partition coefficient (Wildman–Crippen LogP) is 1.12. The van der Waals surface area contributed by atoms with E-state index < -0.39 is 17.6 Å². The summed E-state index contributed by atoms with van der Waals surface area (Å²) in [5.41, 5.74) is 0.318. The Morgan fingerprint density at radius 1 is 1.31 bits per heavy atom. The van der Waals surface area contributed by atoms with Gasteiger partial charge in [-0.15, -0.1) is 0 Å². The highest BCUT2D eigenvalue weighted by Gasteiger charge is 2.17. The van der Waals surface area contributed by atoms with Crippen molar-refractivity contribution in [2.45, 2.75) is 6.42 Å². The molecule has 0 unspecified atom stereocenters. The molecule has 0 amide bonds. The van der Waals surface area contributed by atoms with Crippen molar-refractivity contribution in [3.8, 4) is 5.75 Å². The molecule has 0 N–H and O–H groups in total. The monoisotopic (exact) mass is 226 g/mol. The van der Waals surface area contributed by atoms with Crippen molar-refractivity contribution in [2.75, 3.05) is 14.2 Å². The van der Waals surface area contributed by atoms with Crippen LogP contribution in [0.3, 0.4) is 0 Å². The van der Waals surface area contributed by atoms with Crippen molar-refractivity contribution in [1.82, 2.24) is 0 Å². The topological polar surface area (TPSA) is 52.6 Å². The molecule has 0 radical (unpaired) electrons. The third kappa shape index (κ3) is 2.79. The average Bonchev–Trinajstić information content (AvgIpc) is 2.28. The molecule has 5 heteroatoms. The minimum Gasteiger partial charge on any atom is -0.496 e. The standard InChI is InChI=1S/C11H11FO4/c1-15-10-4-3-8(12)5-7(10)6-9(13)11(14)16-2/h3-5H,6H2,1-2H3. The molecule has 0 aromatic heterocycles. The maximum Gasteiger partial charge on any atom is 0.374 e. The molecule has 86 valence electrons. The Hall–Kier alpha value is -1.91. The Kier molecular flexibility index (Phi) is 3.99. The van der Waals surface area contributed by atoms with Gasteiger partial charge in [-0.2, -0.15) is 0 Å². The van der Waals surface area contributed by atoms with E-state index in [4.69, 9.17) is 4.74 Å². The molecule has 0 bridgehead atoms. The number of ketones is 1. The minimum absolute atomic E-state index is 0.242. The first kappa shape index (κ1) is 12.2. The van der Waals surface area contributed by atoms with Gasteiger partial charge in [-0.3, -0.25) is 4.79 Å². The molecular weight excluding hydrogens is 215 g/mol. The molecule has 1 aromatic rings. The van der Waals surface area contributed by atoms with E-state index in [-0.39, 0.29) is 6.42 Å². The second kappa shape index (κ2) is 5.25. The van der Waals surface area contributed by atoms with Gasteiger partial charge in [0.05, 0.1) is 14.2 Å². The number of rotatable bonds is 4. The van der Waals surface area contributed by atoms with Crippen LogP contribution >= 0.6 is 0 Å². The van der Waals surface area contributed by atoms with E-state index in [2.05, 4.69) is 4.74 Å². The van der Waals surface area contributed by atoms with Crippen LogP contribution in [0.25, 0.3) is 0 Å². The number of benzene rings is 1. The van der Waals surface area contributed by atoms with Gasteiger partial charge in [-0.05, 0) is 18.2 Å². The molecule has 0 heterocycles. The lowest BCUT2D eigenvalue weighted by Crippen LogP contribution is -2.18. The van der Waals surface area contributed by atoms with E-state index in [0.29, 0.717) is 11.3 Å². The zero-order chi connectivity index (χ0) is 12.1. The number of hydrogen-bond donors (Lipinski definition) is 0. The summed E-state index contributed by atoms with van der Waals surface area (Å²) in [5, 5.41) is 0. The van der Waals surface area contributed by atoms with Crippen molar-refractivity contribution in [3.63, 3.8) is 0 Å². The van der Waals surface area contributed by atoms with Crippen LogP contribution in [0.2, 0.25) is 0 Å². The van der Waals surface area contributed by atoms with Crippen LogP contribution in [0.15, 0.2) is 18.2 Å². The maximum atomic E-state index is 12.9. The number of methoxy groups -OCH3 is 2. The van der Waals surface area contributed by atoms with Gasteiger partial charge < -0.3 is 9.47 Å².